The highest BCUT2D eigenvalue weighted by Crippen LogP contribution is 2.36. The van der Waals surface area contributed by atoms with E-state index in [0.29, 0.717) is 6.04 Å². The smallest absolute Gasteiger partial charge is 0.0359 e. The molecular formula is C17H27NS. The Kier molecular flexibility index (Phi) is 6.25. The predicted molar refractivity (Wildman–Crippen MR) is 85.8 cm³/mol. The van der Waals surface area contributed by atoms with E-state index in [-0.39, 0.29) is 0 Å². The van der Waals surface area contributed by atoms with Crippen LogP contribution < -0.4 is 5.32 Å². The fraction of sp³-hybridized carbons (Fsp3) is 0.647. The van der Waals surface area contributed by atoms with Gasteiger partial charge < -0.3 is 5.32 Å². The van der Waals surface area contributed by atoms with Crippen LogP contribution in [0.4, 0.5) is 0 Å². The van der Waals surface area contributed by atoms with Crippen LogP contribution in [0.15, 0.2) is 29.2 Å². The first-order valence-corrected chi connectivity index (χ1v) is 8.95. The van der Waals surface area contributed by atoms with Gasteiger partial charge in [0.2, 0.25) is 0 Å². The average molecular weight is 277 g/mol. The van der Waals surface area contributed by atoms with E-state index >= 15 is 0 Å². The molecule has 1 nitrogen and oxygen atoms in total. The van der Waals surface area contributed by atoms with Crippen molar-refractivity contribution in [3.8, 4) is 0 Å². The largest absolute Gasteiger partial charge is 0.310 e. The summed E-state index contributed by atoms with van der Waals surface area (Å²) in [5, 5.41) is 3.76. The average Bonchev–Trinajstić information content (AvgIpc) is 2.74. The summed E-state index contributed by atoms with van der Waals surface area (Å²) >= 11 is 1.88. The van der Waals surface area contributed by atoms with Crippen molar-refractivity contribution in [3.63, 3.8) is 0 Å². The quantitative estimate of drug-likeness (QED) is 0.598. The van der Waals surface area contributed by atoms with Gasteiger partial charge in [-0.15, -0.1) is 11.8 Å². The molecule has 0 radical (unpaired) electrons. The van der Waals surface area contributed by atoms with Gasteiger partial charge in [-0.1, -0.05) is 50.8 Å². The molecule has 19 heavy (non-hydrogen) atoms. The summed E-state index contributed by atoms with van der Waals surface area (Å²) in [6.07, 6.45) is 10.6. The molecule has 1 saturated carbocycles. The Balaban J connectivity index is 2.22. The molecule has 2 rings (SSSR count). The summed E-state index contributed by atoms with van der Waals surface area (Å²) < 4.78 is 0. The lowest BCUT2D eigenvalue weighted by atomic mass is 9.87. The van der Waals surface area contributed by atoms with Crippen LogP contribution in [0.2, 0.25) is 0 Å². The molecule has 0 spiro atoms. The highest BCUT2D eigenvalue weighted by atomic mass is 32.2. The molecule has 0 saturated heterocycles. The molecule has 1 aromatic rings. The molecule has 1 atom stereocenters. The van der Waals surface area contributed by atoms with E-state index in [9.17, 15) is 0 Å². The zero-order valence-electron chi connectivity index (χ0n) is 12.3. The Morgan fingerprint density at radius 1 is 1.16 bits per heavy atom. The zero-order valence-corrected chi connectivity index (χ0v) is 13.1. The molecule has 106 valence electrons. The van der Waals surface area contributed by atoms with Gasteiger partial charge >= 0.3 is 0 Å². The fourth-order valence-corrected chi connectivity index (χ4v) is 3.96. The molecule has 0 bridgehead atoms. The van der Waals surface area contributed by atoms with Gasteiger partial charge in [0.05, 0.1) is 0 Å². The van der Waals surface area contributed by atoms with E-state index < -0.39 is 0 Å². The van der Waals surface area contributed by atoms with Crippen molar-refractivity contribution in [2.24, 2.45) is 5.92 Å². The summed E-state index contributed by atoms with van der Waals surface area (Å²) in [5.41, 5.74) is 1.52. The molecule has 1 aliphatic rings. The third-order valence-electron chi connectivity index (χ3n) is 4.27. The van der Waals surface area contributed by atoms with Gasteiger partial charge in [-0.05, 0) is 43.2 Å². The lowest BCUT2D eigenvalue weighted by Gasteiger charge is -2.29. The van der Waals surface area contributed by atoms with Gasteiger partial charge in [0.15, 0.2) is 0 Å². The van der Waals surface area contributed by atoms with Crippen LogP contribution in [0.1, 0.15) is 57.1 Å². The highest BCUT2D eigenvalue weighted by Gasteiger charge is 2.24. The second kappa shape index (κ2) is 7.96. The Hall–Kier alpha value is -0.470. The minimum Gasteiger partial charge on any atom is -0.310 e. The van der Waals surface area contributed by atoms with E-state index in [4.69, 9.17) is 0 Å². The number of rotatable bonds is 5. The van der Waals surface area contributed by atoms with Crippen molar-refractivity contribution in [1.29, 1.82) is 0 Å². The lowest BCUT2D eigenvalue weighted by molar-refractivity contribution is 0.327. The van der Waals surface area contributed by atoms with Crippen molar-refractivity contribution >= 4 is 11.8 Å². The molecule has 1 aromatic carbocycles. The molecule has 1 fully saturated rings. The van der Waals surface area contributed by atoms with E-state index in [1.807, 2.05) is 11.8 Å². The normalized spacial score (nSPS) is 19.1. The van der Waals surface area contributed by atoms with E-state index in [1.165, 1.54) is 49.0 Å². The summed E-state index contributed by atoms with van der Waals surface area (Å²) in [6, 6.07) is 9.49. The summed E-state index contributed by atoms with van der Waals surface area (Å²) in [4.78, 5) is 1.44. The van der Waals surface area contributed by atoms with Gasteiger partial charge in [0.1, 0.15) is 0 Å². The zero-order chi connectivity index (χ0) is 13.5. The third-order valence-corrected chi connectivity index (χ3v) is 5.08. The molecule has 0 aromatic heterocycles. The predicted octanol–water partition coefficient (Wildman–Crippen LogP) is 5.03. The molecule has 0 amide bonds. The molecule has 1 unspecified atom stereocenters. The Labute approximate surface area is 122 Å². The Bertz CT molecular complexity index is 369. The van der Waals surface area contributed by atoms with Gasteiger partial charge in [-0.25, -0.2) is 0 Å². The monoisotopic (exact) mass is 277 g/mol. The maximum atomic E-state index is 3.76. The number of benzene rings is 1. The van der Waals surface area contributed by atoms with Crippen LogP contribution in [0.25, 0.3) is 0 Å². The van der Waals surface area contributed by atoms with Gasteiger partial charge in [-0.2, -0.15) is 0 Å². The van der Waals surface area contributed by atoms with Gasteiger partial charge in [0.25, 0.3) is 0 Å². The first-order valence-electron chi connectivity index (χ1n) is 7.73. The van der Waals surface area contributed by atoms with Gasteiger partial charge in [0, 0.05) is 10.9 Å². The Morgan fingerprint density at radius 2 is 1.84 bits per heavy atom. The second-order valence-electron chi connectivity index (χ2n) is 5.53. The summed E-state index contributed by atoms with van der Waals surface area (Å²) in [6.45, 7) is 3.29. The van der Waals surface area contributed by atoms with E-state index in [1.54, 1.807) is 0 Å². The minimum absolute atomic E-state index is 0.548. The standard InChI is InChI=1S/C17H27NS/c1-3-18-17(14-10-6-4-5-7-11-14)15-12-8-9-13-16(15)19-2/h8-9,12-14,17-18H,3-7,10-11H2,1-2H3. The van der Waals surface area contributed by atoms with Crippen molar-refractivity contribution in [2.75, 3.05) is 12.8 Å². The van der Waals surface area contributed by atoms with Crippen LogP contribution in [0, 0.1) is 5.92 Å². The number of hydrogen-bond donors (Lipinski definition) is 1. The van der Waals surface area contributed by atoms with Crippen LogP contribution in [-0.2, 0) is 0 Å². The topological polar surface area (TPSA) is 12.0 Å². The summed E-state index contributed by atoms with van der Waals surface area (Å²) in [7, 11) is 0. The molecular weight excluding hydrogens is 250 g/mol. The van der Waals surface area contributed by atoms with Crippen molar-refractivity contribution < 1.29 is 0 Å². The number of hydrogen-bond acceptors (Lipinski definition) is 2. The first kappa shape index (κ1) is 14.9. The number of nitrogens with one attached hydrogen (secondary N) is 1. The second-order valence-corrected chi connectivity index (χ2v) is 6.38. The maximum Gasteiger partial charge on any atom is 0.0359 e. The SMILES string of the molecule is CCNC(c1ccccc1SC)C1CCCCCC1. The Morgan fingerprint density at radius 3 is 2.47 bits per heavy atom. The van der Waals surface area contributed by atoms with E-state index in [2.05, 4.69) is 42.8 Å². The van der Waals surface area contributed by atoms with Crippen LogP contribution in [-0.4, -0.2) is 12.8 Å². The minimum atomic E-state index is 0.548. The van der Waals surface area contributed by atoms with E-state index in [0.717, 1.165) is 12.5 Å². The third kappa shape index (κ3) is 4.00. The number of thioether (sulfide) groups is 1. The van der Waals surface area contributed by atoms with Crippen molar-refractivity contribution in [3.05, 3.63) is 29.8 Å². The van der Waals surface area contributed by atoms with Crippen molar-refractivity contribution in [2.45, 2.75) is 56.4 Å². The van der Waals surface area contributed by atoms with Crippen molar-refractivity contribution in [1.82, 2.24) is 5.32 Å². The first-order chi connectivity index (χ1) is 9.36. The molecule has 1 aliphatic carbocycles. The maximum absolute atomic E-state index is 3.76. The molecule has 2 heteroatoms. The fourth-order valence-electron chi connectivity index (χ4n) is 3.32. The highest BCUT2D eigenvalue weighted by molar-refractivity contribution is 7.98. The van der Waals surface area contributed by atoms with Gasteiger partial charge in [-0.3, -0.25) is 0 Å². The van der Waals surface area contributed by atoms with Crippen LogP contribution in [0.3, 0.4) is 0 Å². The van der Waals surface area contributed by atoms with Crippen LogP contribution >= 0.6 is 11.8 Å². The molecule has 0 aliphatic heterocycles. The van der Waals surface area contributed by atoms with Crippen LogP contribution in [0.5, 0.6) is 0 Å². The lowest BCUT2D eigenvalue weighted by Crippen LogP contribution is -2.28. The summed E-state index contributed by atoms with van der Waals surface area (Å²) in [5.74, 6) is 0.816. The molecule has 1 N–H and O–H groups in total. The molecule has 0 heterocycles.